The summed E-state index contributed by atoms with van der Waals surface area (Å²) in [4.78, 5) is 19.2. The van der Waals surface area contributed by atoms with E-state index in [1.165, 1.54) is 19.2 Å². The second-order valence-corrected chi connectivity index (χ2v) is 5.46. The topological polar surface area (TPSA) is 108 Å². The number of nitriles is 1. The number of aliphatic hydroxyl groups is 1. The third-order valence-electron chi connectivity index (χ3n) is 3.75. The van der Waals surface area contributed by atoms with E-state index in [1.54, 1.807) is 24.3 Å². The quantitative estimate of drug-likeness (QED) is 0.407. The molecule has 0 spiro atoms. The highest BCUT2D eigenvalue weighted by Gasteiger charge is 2.16. The maximum atomic E-state index is 13.7. The molecular formula is C19H14FN3O4. The Hall–Kier alpha value is -3.86. The minimum absolute atomic E-state index is 0.00838. The number of aromatic amines is 1. The lowest BCUT2D eigenvalue weighted by Gasteiger charge is -2.07. The van der Waals surface area contributed by atoms with E-state index in [4.69, 9.17) is 9.47 Å². The number of para-hydroxylation sites is 2. The van der Waals surface area contributed by atoms with Crippen molar-refractivity contribution in [1.29, 1.82) is 5.26 Å². The average molecular weight is 367 g/mol. The van der Waals surface area contributed by atoms with Crippen LogP contribution in [0.4, 0.5) is 4.39 Å². The van der Waals surface area contributed by atoms with Gasteiger partial charge in [0.2, 0.25) is 0 Å². The van der Waals surface area contributed by atoms with Gasteiger partial charge in [0.15, 0.2) is 23.2 Å². The number of rotatable bonds is 5. The number of hydrogen-bond donors (Lipinski definition) is 2. The molecule has 0 unspecified atom stereocenters. The predicted molar refractivity (Wildman–Crippen MR) is 94.5 cm³/mol. The highest BCUT2D eigenvalue weighted by Crippen LogP contribution is 2.20. The molecule has 2 aromatic carbocycles. The van der Waals surface area contributed by atoms with Crippen molar-refractivity contribution < 1.29 is 23.8 Å². The lowest BCUT2D eigenvalue weighted by molar-refractivity contribution is 0.0502. The number of allylic oxidation sites excluding steroid dienone is 1. The Morgan fingerprint density at radius 1 is 1.33 bits per heavy atom. The van der Waals surface area contributed by atoms with Gasteiger partial charge in [-0.1, -0.05) is 12.1 Å². The molecule has 2 N–H and O–H groups in total. The van der Waals surface area contributed by atoms with Crippen molar-refractivity contribution in [3.8, 4) is 11.8 Å². The van der Waals surface area contributed by atoms with Gasteiger partial charge in [-0.15, -0.1) is 0 Å². The molecular weight excluding hydrogens is 353 g/mol. The Morgan fingerprint density at radius 2 is 2.11 bits per heavy atom. The van der Waals surface area contributed by atoms with Crippen molar-refractivity contribution in [3.05, 3.63) is 65.4 Å². The Labute approximate surface area is 153 Å². The molecule has 0 saturated carbocycles. The van der Waals surface area contributed by atoms with Crippen LogP contribution in [-0.2, 0) is 4.74 Å². The van der Waals surface area contributed by atoms with Crippen LogP contribution in [0.2, 0.25) is 0 Å². The van der Waals surface area contributed by atoms with E-state index in [2.05, 4.69) is 9.97 Å². The molecule has 0 radical (unpaired) electrons. The summed E-state index contributed by atoms with van der Waals surface area (Å²) in [5.41, 5.74) is 1.11. The van der Waals surface area contributed by atoms with E-state index in [0.717, 1.165) is 6.07 Å². The van der Waals surface area contributed by atoms with Crippen LogP contribution in [0.5, 0.6) is 5.75 Å². The summed E-state index contributed by atoms with van der Waals surface area (Å²) in [6.45, 7) is -0.563. The number of esters is 1. The number of H-pyrrole nitrogens is 1. The molecule has 0 aliphatic rings. The first-order chi connectivity index (χ1) is 13.0. The molecule has 1 aromatic heterocycles. The number of imidazole rings is 1. The molecule has 1 heterocycles. The van der Waals surface area contributed by atoms with Crippen LogP contribution in [-0.4, -0.2) is 34.8 Å². The van der Waals surface area contributed by atoms with E-state index < -0.39 is 24.2 Å². The zero-order valence-corrected chi connectivity index (χ0v) is 14.2. The number of aromatic nitrogens is 2. The van der Waals surface area contributed by atoms with Crippen molar-refractivity contribution in [1.82, 2.24) is 9.97 Å². The fourth-order valence-corrected chi connectivity index (χ4v) is 2.41. The summed E-state index contributed by atoms with van der Waals surface area (Å²) < 4.78 is 23.4. The standard InChI is InChI=1S/C19H14FN3O4/c1-26-17-7-6-11(8-13(17)20)19(25)27-10-16(24)12(9-21)18-22-14-4-2-3-5-15(14)23-18/h2-8,24H,10H2,1H3,(H,22,23)/b16-12-. The van der Waals surface area contributed by atoms with E-state index in [9.17, 15) is 19.6 Å². The summed E-state index contributed by atoms with van der Waals surface area (Å²) in [6.07, 6.45) is 0. The molecule has 7 nitrogen and oxygen atoms in total. The SMILES string of the molecule is COc1ccc(C(=O)OC/C(O)=C(\C#N)c2nc3ccccc3[nH]2)cc1F. The van der Waals surface area contributed by atoms with Crippen molar-refractivity contribution in [2.24, 2.45) is 0 Å². The average Bonchev–Trinajstić information content (AvgIpc) is 3.10. The first kappa shape index (κ1) is 17.9. The fraction of sp³-hybridized carbons (Fsp3) is 0.105. The van der Waals surface area contributed by atoms with E-state index in [1.807, 2.05) is 6.07 Å². The molecule has 8 heteroatoms. The molecule has 3 aromatic rings. The third kappa shape index (κ3) is 3.72. The zero-order chi connectivity index (χ0) is 19.4. The van der Waals surface area contributed by atoms with Gasteiger partial charge in [0, 0.05) is 0 Å². The molecule has 0 amide bonds. The van der Waals surface area contributed by atoms with Crippen LogP contribution in [0, 0.1) is 17.1 Å². The highest BCUT2D eigenvalue weighted by atomic mass is 19.1. The van der Waals surface area contributed by atoms with Crippen LogP contribution < -0.4 is 4.74 Å². The number of nitrogens with one attached hydrogen (secondary N) is 1. The number of methoxy groups -OCH3 is 1. The van der Waals surface area contributed by atoms with E-state index in [0.29, 0.717) is 11.0 Å². The van der Waals surface area contributed by atoms with Crippen molar-refractivity contribution in [3.63, 3.8) is 0 Å². The van der Waals surface area contributed by atoms with Crippen LogP contribution in [0.1, 0.15) is 16.2 Å². The summed E-state index contributed by atoms with van der Waals surface area (Å²) in [7, 11) is 1.31. The molecule has 0 aliphatic carbocycles. The second-order valence-electron chi connectivity index (χ2n) is 5.46. The van der Waals surface area contributed by atoms with E-state index in [-0.39, 0.29) is 22.7 Å². The number of aliphatic hydroxyl groups excluding tert-OH is 1. The number of carbonyl (C=O) groups is 1. The molecule has 0 bridgehead atoms. The smallest absolute Gasteiger partial charge is 0.338 e. The molecule has 136 valence electrons. The Balaban J connectivity index is 1.78. The summed E-state index contributed by atoms with van der Waals surface area (Å²) in [6, 6.07) is 12.5. The Kier molecular flexibility index (Phi) is 5.04. The maximum Gasteiger partial charge on any atom is 0.338 e. The minimum Gasteiger partial charge on any atom is -0.507 e. The van der Waals surface area contributed by atoms with Gasteiger partial charge >= 0.3 is 5.97 Å². The minimum atomic E-state index is -0.856. The van der Waals surface area contributed by atoms with Crippen LogP contribution in [0.3, 0.4) is 0 Å². The number of fused-ring (bicyclic) bond motifs is 1. The molecule has 27 heavy (non-hydrogen) atoms. The largest absolute Gasteiger partial charge is 0.507 e. The number of nitrogens with zero attached hydrogens (tertiary/aromatic N) is 2. The van der Waals surface area contributed by atoms with Crippen LogP contribution >= 0.6 is 0 Å². The number of benzene rings is 2. The highest BCUT2D eigenvalue weighted by molar-refractivity contribution is 5.90. The number of hydrogen-bond acceptors (Lipinski definition) is 6. The Bertz CT molecular complexity index is 1050. The van der Waals surface area contributed by atoms with Gasteiger partial charge in [-0.25, -0.2) is 14.2 Å². The maximum absolute atomic E-state index is 13.7. The Morgan fingerprint density at radius 3 is 2.78 bits per heavy atom. The summed E-state index contributed by atoms with van der Waals surface area (Å²) >= 11 is 0. The van der Waals surface area contributed by atoms with E-state index >= 15 is 0 Å². The van der Waals surface area contributed by atoms with Crippen molar-refractivity contribution in [2.75, 3.05) is 13.7 Å². The molecule has 0 saturated heterocycles. The number of halogens is 1. The van der Waals surface area contributed by atoms with Gasteiger partial charge in [0.25, 0.3) is 0 Å². The summed E-state index contributed by atoms with van der Waals surface area (Å²) in [5.74, 6) is -1.90. The lowest BCUT2D eigenvalue weighted by atomic mass is 10.2. The summed E-state index contributed by atoms with van der Waals surface area (Å²) in [5, 5.41) is 19.5. The van der Waals surface area contributed by atoms with Gasteiger partial charge < -0.3 is 19.6 Å². The number of carbonyl (C=O) groups excluding carboxylic acids is 1. The van der Waals surface area contributed by atoms with Crippen molar-refractivity contribution in [2.45, 2.75) is 0 Å². The fourth-order valence-electron chi connectivity index (χ4n) is 2.41. The number of ether oxygens (including phenoxy) is 2. The van der Waals surface area contributed by atoms with Gasteiger partial charge in [0.05, 0.1) is 23.7 Å². The zero-order valence-electron chi connectivity index (χ0n) is 14.2. The van der Waals surface area contributed by atoms with Gasteiger partial charge in [-0.3, -0.25) is 0 Å². The lowest BCUT2D eigenvalue weighted by Crippen LogP contribution is -2.10. The second kappa shape index (κ2) is 7.58. The molecule has 3 rings (SSSR count). The first-order valence-electron chi connectivity index (χ1n) is 7.81. The van der Waals surface area contributed by atoms with Crippen LogP contribution in [0.25, 0.3) is 16.6 Å². The third-order valence-corrected chi connectivity index (χ3v) is 3.75. The monoisotopic (exact) mass is 367 g/mol. The molecule has 0 atom stereocenters. The molecule has 0 aliphatic heterocycles. The molecule has 0 fully saturated rings. The predicted octanol–water partition coefficient (Wildman–Crippen LogP) is 3.36. The van der Waals surface area contributed by atoms with Gasteiger partial charge in [0.1, 0.15) is 18.2 Å². The van der Waals surface area contributed by atoms with Gasteiger partial charge in [-0.05, 0) is 30.3 Å². The first-order valence-corrected chi connectivity index (χ1v) is 7.81. The van der Waals surface area contributed by atoms with Crippen molar-refractivity contribution >= 4 is 22.6 Å². The van der Waals surface area contributed by atoms with Gasteiger partial charge in [-0.2, -0.15) is 5.26 Å². The normalized spacial score (nSPS) is 11.6. The van der Waals surface area contributed by atoms with Crippen LogP contribution in [0.15, 0.2) is 48.2 Å².